The number of aromatic nitrogens is 1. The van der Waals surface area contributed by atoms with Gasteiger partial charge in [-0.1, -0.05) is 0 Å². The first-order chi connectivity index (χ1) is 8.95. The van der Waals surface area contributed by atoms with Crippen molar-refractivity contribution in [2.75, 3.05) is 38.6 Å². The number of aryl methyl sites for hydroxylation is 1. The van der Waals surface area contributed by atoms with E-state index in [9.17, 15) is 4.79 Å². The molecule has 0 saturated carbocycles. The maximum Gasteiger partial charge on any atom is 0.337 e. The molecule has 0 aromatic carbocycles. The zero-order chi connectivity index (χ0) is 14.4. The van der Waals surface area contributed by atoms with Crippen LogP contribution < -0.4 is 4.90 Å². The Hall–Kier alpha value is -1.62. The van der Waals surface area contributed by atoms with Crippen LogP contribution in [-0.4, -0.2) is 54.7 Å². The predicted octanol–water partition coefficient (Wildman–Crippen LogP) is 1.87. The molecule has 0 unspecified atom stereocenters. The van der Waals surface area contributed by atoms with E-state index in [1.807, 2.05) is 0 Å². The first kappa shape index (κ1) is 15.4. The van der Waals surface area contributed by atoms with Gasteiger partial charge in [-0.2, -0.15) is 0 Å². The zero-order valence-corrected chi connectivity index (χ0v) is 12.2. The van der Waals surface area contributed by atoms with E-state index in [0.29, 0.717) is 5.69 Å². The van der Waals surface area contributed by atoms with Crippen molar-refractivity contribution < 1.29 is 9.90 Å². The van der Waals surface area contributed by atoms with Crippen LogP contribution in [0.1, 0.15) is 29.4 Å². The van der Waals surface area contributed by atoms with Crippen LogP contribution in [0.15, 0.2) is 12.1 Å². The Morgan fingerprint density at radius 3 is 2.47 bits per heavy atom. The standard InChI is InChI=1S/C14H23N3O2/c1-5-17(10-6-9-16(3)4)13-8-7-12(14(18)19)11(2)15-13/h7-8H,5-6,9-10H2,1-4H3,(H,18,19). The van der Waals surface area contributed by atoms with Gasteiger partial charge in [-0.25, -0.2) is 9.78 Å². The summed E-state index contributed by atoms with van der Waals surface area (Å²) in [7, 11) is 4.11. The minimum atomic E-state index is -0.924. The first-order valence-electron chi connectivity index (χ1n) is 6.56. The van der Waals surface area contributed by atoms with Crippen LogP contribution in [-0.2, 0) is 0 Å². The number of carboxylic acid groups (broad SMARTS) is 1. The van der Waals surface area contributed by atoms with E-state index in [1.165, 1.54) is 0 Å². The third-order valence-corrected chi connectivity index (χ3v) is 3.04. The van der Waals surface area contributed by atoms with E-state index in [0.717, 1.165) is 31.9 Å². The molecule has 0 bridgehead atoms. The molecule has 0 fully saturated rings. The van der Waals surface area contributed by atoms with Gasteiger partial charge < -0.3 is 14.9 Å². The number of pyridine rings is 1. The van der Waals surface area contributed by atoms with Crippen LogP contribution in [0.3, 0.4) is 0 Å². The second kappa shape index (κ2) is 7.09. The summed E-state index contributed by atoms with van der Waals surface area (Å²) in [5, 5.41) is 9.00. The molecule has 0 aliphatic rings. The van der Waals surface area contributed by atoms with Gasteiger partial charge in [0.25, 0.3) is 0 Å². The Labute approximate surface area is 114 Å². The lowest BCUT2D eigenvalue weighted by molar-refractivity contribution is 0.0695. The van der Waals surface area contributed by atoms with Crippen molar-refractivity contribution in [3.8, 4) is 0 Å². The van der Waals surface area contributed by atoms with Gasteiger partial charge in [0, 0.05) is 13.1 Å². The second-order valence-electron chi connectivity index (χ2n) is 4.84. The monoisotopic (exact) mass is 265 g/mol. The highest BCUT2D eigenvalue weighted by molar-refractivity contribution is 5.89. The van der Waals surface area contributed by atoms with Crippen LogP contribution >= 0.6 is 0 Å². The fraction of sp³-hybridized carbons (Fsp3) is 0.571. The van der Waals surface area contributed by atoms with E-state index in [4.69, 9.17) is 5.11 Å². The fourth-order valence-electron chi connectivity index (χ4n) is 1.96. The summed E-state index contributed by atoms with van der Waals surface area (Å²) in [4.78, 5) is 19.7. The van der Waals surface area contributed by atoms with Gasteiger partial charge in [0.15, 0.2) is 0 Å². The third kappa shape index (κ3) is 4.52. The van der Waals surface area contributed by atoms with Gasteiger partial charge in [0.05, 0.1) is 11.3 Å². The number of rotatable bonds is 7. The number of carboxylic acids is 1. The molecule has 0 aliphatic heterocycles. The number of nitrogens with zero attached hydrogens (tertiary/aromatic N) is 3. The highest BCUT2D eigenvalue weighted by Crippen LogP contribution is 2.15. The average molecular weight is 265 g/mol. The largest absolute Gasteiger partial charge is 0.478 e. The van der Waals surface area contributed by atoms with E-state index >= 15 is 0 Å². The fourth-order valence-corrected chi connectivity index (χ4v) is 1.96. The summed E-state index contributed by atoms with van der Waals surface area (Å²) in [5.74, 6) is -0.0732. The van der Waals surface area contributed by atoms with E-state index in [1.54, 1.807) is 19.1 Å². The SMILES string of the molecule is CCN(CCCN(C)C)c1ccc(C(=O)O)c(C)n1. The van der Waals surface area contributed by atoms with Crippen LogP contribution in [0.25, 0.3) is 0 Å². The molecule has 5 heteroatoms. The van der Waals surface area contributed by atoms with Crippen molar-refractivity contribution in [2.45, 2.75) is 20.3 Å². The molecular weight excluding hydrogens is 242 g/mol. The molecule has 19 heavy (non-hydrogen) atoms. The van der Waals surface area contributed by atoms with Gasteiger partial charge in [-0.15, -0.1) is 0 Å². The zero-order valence-electron chi connectivity index (χ0n) is 12.2. The molecule has 1 N–H and O–H groups in total. The van der Waals surface area contributed by atoms with Gasteiger partial charge in [-0.05, 0) is 53.0 Å². The summed E-state index contributed by atoms with van der Waals surface area (Å²) in [6.07, 6.45) is 1.06. The molecule has 0 aliphatic carbocycles. The Kier molecular flexibility index (Phi) is 5.76. The summed E-state index contributed by atoms with van der Waals surface area (Å²) >= 11 is 0. The van der Waals surface area contributed by atoms with Crippen molar-refractivity contribution >= 4 is 11.8 Å². The average Bonchev–Trinajstić information content (AvgIpc) is 2.33. The van der Waals surface area contributed by atoms with Crippen molar-refractivity contribution in [1.82, 2.24) is 9.88 Å². The summed E-state index contributed by atoms with van der Waals surface area (Å²) < 4.78 is 0. The molecule has 1 aromatic rings. The van der Waals surface area contributed by atoms with Gasteiger partial charge in [-0.3, -0.25) is 0 Å². The number of hydrogen-bond acceptors (Lipinski definition) is 4. The molecule has 1 heterocycles. The Balaban J connectivity index is 2.76. The lowest BCUT2D eigenvalue weighted by atomic mass is 10.2. The van der Waals surface area contributed by atoms with Gasteiger partial charge >= 0.3 is 5.97 Å². The number of carbonyl (C=O) groups is 1. The van der Waals surface area contributed by atoms with Crippen molar-refractivity contribution in [2.24, 2.45) is 0 Å². The molecule has 1 rings (SSSR count). The van der Waals surface area contributed by atoms with Crippen LogP contribution in [0.2, 0.25) is 0 Å². The van der Waals surface area contributed by atoms with E-state index in [-0.39, 0.29) is 5.56 Å². The molecule has 1 aromatic heterocycles. The summed E-state index contributed by atoms with van der Waals surface area (Å²) in [5.41, 5.74) is 0.837. The predicted molar refractivity (Wildman–Crippen MR) is 77.0 cm³/mol. The highest BCUT2D eigenvalue weighted by atomic mass is 16.4. The third-order valence-electron chi connectivity index (χ3n) is 3.04. The minimum absolute atomic E-state index is 0.271. The molecule has 5 nitrogen and oxygen atoms in total. The molecule has 0 saturated heterocycles. The molecule has 0 spiro atoms. The smallest absolute Gasteiger partial charge is 0.337 e. The highest BCUT2D eigenvalue weighted by Gasteiger charge is 2.11. The maximum absolute atomic E-state index is 11.0. The van der Waals surface area contributed by atoms with E-state index < -0.39 is 5.97 Å². The normalized spacial score (nSPS) is 10.8. The molecule has 106 valence electrons. The molecule has 0 radical (unpaired) electrons. The van der Waals surface area contributed by atoms with Crippen molar-refractivity contribution in [3.05, 3.63) is 23.4 Å². The quantitative estimate of drug-likeness (QED) is 0.815. The summed E-state index contributed by atoms with van der Waals surface area (Å²) in [6, 6.07) is 3.42. The summed E-state index contributed by atoms with van der Waals surface area (Å²) in [6.45, 7) is 6.64. The van der Waals surface area contributed by atoms with Crippen molar-refractivity contribution in [1.29, 1.82) is 0 Å². The Morgan fingerprint density at radius 2 is 2.00 bits per heavy atom. The molecular formula is C14H23N3O2. The van der Waals surface area contributed by atoms with Crippen LogP contribution in [0.4, 0.5) is 5.82 Å². The topological polar surface area (TPSA) is 56.7 Å². The second-order valence-corrected chi connectivity index (χ2v) is 4.84. The van der Waals surface area contributed by atoms with Crippen LogP contribution in [0, 0.1) is 6.92 Å². The minimum Gasteiger partial charge on any atom is -0.478 e. The van der Waals surface area contributed by atoms with Gasteiger partial charge in [0.1, 0.15) is 5.82 Å². The number of aromatic carboxylic acids is 1. The van der Waals surface area contributed by atoms with Crippen LogP contribution in [0.5, 0.6) is 0 Å². The molecule has 0 atom stereocenters. The lowest BCUT2D eigenvalue weighted by Crippen LogP contribution is -2.28. The number of anilines is 1. The molecule has 0 amide bonds. The number of hydrogen-bond donors (Lipinski definition) is 1. The first-order valence-corrected chi connectivity index (χ1v) is 6.56. The van der Waals surface area contributed by atoms with Gasteiger partial charge in [0.2, 0.25) is 0 Å². The van der Waals surface area contributed by atoms with E-state index in [2.05, 4.69) is 35.8 Å². The Bertz CT molecular complexity index is 433. The van der Waals surface area contributed by atoms with Crippen molar-refractivity contribution in [3.63, 3.8) is 0 Å². The maximum atomic E-state index is 11.0. The Morgan fingerprint density at radius 1 is 1.32 bits per heavy atom. The lowest BCUT2D eigenvalue weighted by Gasteiger charge is -2.23.